The summed E-state index contributed by atoms with van der Waals surface area (Å²) < 4.78 is 0. The van der Waals surface area contributed by atoms with Gasteiger partial charge >= 0.3 is 0 Å². The van der Waals surface area contributed by atoms with E-state index in [1.165, 1.54) is 0 Å². The number of nitrogens with two attached hydrogens (primary N) is 2. The van der Waals surface area contributed by atoms with Crippen molar-refractivity contribution in [1.29, 1.82) is 0 Å². The van der Waals surface area contributed by atoms with E-state index in [0.717, 1.165) is 10.8 Å². The Hall–Kier alpha value is -3.02. The van der Waals surface area contributed by atoms with Crippen molar-refractivity contribution in [2.24, 2.45) is 11.5 Å². The van der Waals surface area contributed by atoms with Crippen LogP contribution in [-0.4, -0.2) is 21.8 Å². The van der Waals surface area contributed by atoms with Crippen molar-refractivity contribution in [3.63, 3.8) is 0 Å². The van der Waals surface area contributed by atoms with Crippen LogP contribution in [0.1, 0.15) is 21.0 Å². The number of rotatable bonds is 2. The summed E-state index contributed by atoms with van der Waals surface area (Å²) in [7, 11) is 0. The fraction of sp³-hybridized carbons (Fsp3) is 0. The largest absolute Gasteiger partial charge is 0.364 e. The van der Waals surface area contributed by atoms with E-state index in [1.54, 1.807) is 24.3 Å². The summed E-state index contributed by atoms with van der Waals surface area (Å²) in [6, 6.07) is 10.3. The summed E-state index contributed by atoms with van der Waals surface area (Å²) in [4.78, 5) is 30.9. The van der Waals surface area contributed by atoms with Crippen LogP contribution >= 0.6 is 0 Å². The van der Waals surface area contributed by atoms with Crippen molar-refractivity contribution >= 4 is 33.6 Å². The summed E-state index contributed by atoms with van der Waals surface area (Å²) in [5.41, 5.74) is 11.8. The lowest BCUT2D eigenvalue weighted by Crippen LogP contribution is -2.14. The number of pyridine rings is 2. The third-order valence-corrected chi connectivity index (χ3v) is 3.02. The molecule has 0 unspecified atom stereocenters. The SMILES string of the molecule is NC(=O)c1ccc2ccc3ccc(C(N)=O)nc3c2n1. The number of aromatic nitrogens is 2. The van der Waals surface area contributed by atoms with E-state index in [0.29, 0.717) is 11.0 Å². The van der Waals surface area contributed by atoms with Gasteiger partial charge in [0.15, 0.2) is 0 Å². The van der Waals surface area contributed by atoms with E-state index in [1.807, 2.05) is 12.1 Å². The Morgan fingerprint density at radius 2 is 1.05 bits per heavy atom. The second-order valence-electron chi connectivity index (χ2n) is 4.33. The molecule has 6 heteroatoms. The van der Waals surface area contributed by atoms with E-state index in [-0.39, 0.29) is 11.4 Å². The maximum absolute atomic E-state index is 11.2. The first kappa shape index (κ1) is 12.0. The van der Waals surface area contributed by atoms with Crippen LogP contribution in [0.15, 0.2) is 36.4 Å². The highest BCUT2D eigenvalue weighted by Gasteiger charge is 2.10. The third kappa shape index (κ3) is 1.83. The molecule has 0 saturated heterocycles. The van der Waals surface area contributed by atoms with Crippen LogP contribution in [-0.2, 0) is 0 Å². The minimum atomic E-state index is -0.616. The summed E-state index contributed by atoms with van der Waals surface area (Å²) >= 11 is 0. The number of nitrogens with zero attached hydrogens (tertiary/aromatic N) is 2. The number of primary amides is 2. The fourth-order valence-electron chi connectivity index (χ4n) is 2.04. The van der Waals surface area contributed by atoms with Crippen molar-refractivity contribution in [1.82, 2.24) is 9.97 Å². The van der Waals surface area contributed by atoms with Crippen molar-refractivity contribution in [3.8, 4) is 0 Å². The van der Waals surface area contributed by atoms with Crippen LogP contribution in [0.2, 0.25) is 0 Å². The molecule has 0 bridgehead atoms. The number of fused-ring (bicyclic) bond motifs is 3. The third-order valence-electron chi connectivity index (χ3n) is 3.02. The molecule has 20 heavy (non-hydrogen) atoms. The number of carbonyl (C=O) groups excluding carboxylic acids is 2. The maximum atomic E-state index is 11.2. The predicted octanol–water partition coefficient (Wildman–Crippen LogP) is 0.981. The molecule has 1 aromatic carbocycles. The lowest BCUT2D eigenvalue weighted by Gasteiger charge is -2.05. The Morgan fingerprint density at radius 1 is 0.700 bits per heavy atom. The summed E-state index contributed by atoms with van der Waals surface area (Å²) in [6.45, 7) is 0. The van der Waals surface area contributed by atoms with Crippen molar-refractivity contribution in [3.05, 3.63) is 47.8 Å². The maximum Gasteiger partial charge on any atom is 0.267 e. The van der Waals surface area contributed by atoms with Crippen molar-refractivity contribution in [2.75, 3.05) is 0 Å². The van der Waals surface area contributed by atoms with Crippen LogP contribution < -0.4 is 11.5 Å². The van der Waals surface area contributed by atoms with E-state index < -0.39 is 11.8 Å². The van der Waals surface area contributed by atoms with Gasteiger partial charge in [-0.15, -0.1) is 0 Å². The minimum absolute atomic E-state index is 0.149. The molecule has 0 aliphatic rings. The van der Waals surface area contributed by atoms with Gasteiger partial charge in [-0.1, -0.05) is 24.3 Å². The lowest BCUT2D eigenvalue weighted by atomic mass is 10.1. The monoisotopic (exact) mass is 266 g/mol. The first-order valence-corrected chi connectivity index (χ1v) is 5.86. The molecule has 6 nitrogen and oxygen atoms in total. The summed E-state index contributed by atoms with van der Waals surface area (Å²) in [6.07, 6.45) is 0. The normalized spacial score (nSPS) is 10.8. The van der Waals surface area contributed by atoms with E-state index in [9.17, 15) is 9.59 Å². The molecule has 0 fully saturated rings. The molecule has 4 N–H and O–H groups in total. The molecule has 2 aromatic heterocycles. The molecule has 0 atom stereocenters. The second-order valence-corrected chi connectivity index (χ2v) is 4.33. The van der Waals surface area contributed by atoms with Gasteiger partial charge in [0.2, 0.25) is 0 Å². The van der Waals surface area contributed by atoms with Gasteiger partial charge in [0.05, 0.1) is 11.0 Å². The van der Waals surface area contributed by atoms with E-state index >= 15 is 0 Å². The van der Waals surface area contributed by atoms with E-state index in [4.69, 9.17) is 11.5 Å². The highest BCUT2D eigenvalue weighted by atomic mass is 16.1. The van der Waals surface area contributed by atoms with Gasteiger partial charge in [0.1, 0.15) is 11.4 Å². The molecule has 0 radical (unpaired) electrons. The highest BCUT2D eigenvalue weighted by molar-refractivity contribution is 6.06. The van der Waals surface area contributed by atoms with Crippen LogP contribution in [0, 0.1) is 0 Å². The molecule has 2 heterocycles. The standard InChI is InChI=1S/C14H10N4O2/c15-13(19)9-5-3-7-1-2-8-4-6-10(14(16)20)18-12(8)11(7)17-9/h1-6H,(H2,15,19)(H2,16,20). The second kappa shape index (κ2) is 4.27. The van der Waals surface area contributed by atoms with Crippen LogP contribution in [0.3, 0.4) is 0 Å². The number of amides is 2. The molecule has 0 aliphatic heterocycles. The number of carbonyl (C=O) groups is 2. The number of benzene rings is 1. The molecule has 0 saturated carbocycles. The molecule has 3 rings (SSSR count). The first-order valence-electron chi connectivity index (χ1n) is 5.86. The Bertz CT molecular complexity index is 801. The number of hydrogen-bond acceptors (Lipinski definition) is 4. The zero-order chi connectivity index (χ0) is 14.3. The van der Waals surface area contributed by atoms with Gasteiger partial charge in [0.25, 0.3) is 11.8 Å². The predicted molar refractivity (Wildman–Crippen MR) is 74.1 cm³/mol. The zero-order valence-corrected chi connectivity index (χ0v) is 10.3. The van der Waals surface area contributed by atoms with Gasteiger partial charge in [-0.3, -0.25) is 9.59 Å². The van der Waals surface area contributed by atoms with E-state index in [2.05, 4.69) is 9.97 Å². The lowest BCUT2D eigenvalue weighted by molar-refractivity contribution is 0.0987. The average molecular weight is 266 g/mol. The molecule has 3 aromatic rings. The molecule has 0 spiro atoms. The Kier molecular flexibility index (Phi) is 2.57. The minimum Gasteiger partial charge on any atom is -0.364 e. The number of hydrogen-bond donors (Lipinski definition) is 2. The zero-order valence-electron chi connectivity index (χ0n) is 10.3. The van der Waals surface area contributed by atoms with Gasteiger partial charge < -0.3 is 11.5 Å². The van der Waals surface area contributed by atoms with Gasteiger partial charge in [0, 0.05) is 10.8 Å². The van der Waals surface area contributed by atoms with Gasteiger partial charge in [-0.2, -0.15) is 0 Å². The van der Waals surface area contributed by atoms with Crippen LogP contribution in [0.5, 0.6) is 0 Å². The Balaban J connectivity index is 2.41. The smallest absolute Gasteiger partial charge is 0.267 e. The average Bonchev–Trinajstić information content (AvgIpc) is 2.45. The quantitative estimate of drug-likeness (QED) is 0.673. The molecular weight excluding hydrogens is 256 g/mol. The highest BCUT2D eigenvalue weighted by Crippen LogP contribution is 2.22. The fourth-order valence-corrected chi connectivity index (χ4v) is 2.04. The van der Waals surface area contributed by atoms with Gasteiger partial charge in [-0.05, 0) is 12.1 Å². The molecule has 0 aliphatic carbocycles. The summed E-state index contributed by atoms with van der Waals surface area (Å²) in [5.74, 6) is -1.23. The van der Waals surface area contributed by atoms with Crippen molar-refractivity contribution in [2.45, 2.75) is 0 Å². The molecule has 98 valence electrons. The Labute approximate surface area is 113 Å². The Morgan fingerprint density at radius 3 is 1.40 bits per heavy atom. The topological polar surface area (TPSA) is 112 Å². The molecule has 2 amide bonds. The van der Waals surface area contributed by atoms with Gasteiger partial charge in [-0.25, -0.2) is 9.97 Å². The van der Waals surface area contributed by atoms with Crippen LogP contribution in [0.4, 0.5) is 0 Å². The molecular formula is C14H10N4O2. The van der Waals surface area contributed by atoms with Crippen LogP contribution in [0.25, 0.3) is 21.8 Å². The first-order chi connectivity index (χ1) is 9.56. The van der Waals surface area contributed by atoms with Crippen molar-refractivity contribution < 1.29 is 9.59 Å². The summed E-state index contributed by atoms with van der Waals surface area (Å²) in [5, 5.41) is 1.60.